The van der Waals surface area contributed by atoms with Crippen molar-refractivity contribution in [2.75, 3.05) is 5.32 Å². The Labute approximate surface area is 127 Å². The van der Waals surface area contributed by atoms with Crippen LogP contribution in [0.4, 0.5) is 5.82 Å². The average molecular weight is 283 g/mol. The summed E-state index contributed by atoms with van der Waals surface area (Å²) in [4.78, 5) is 4.79. The molecule has 0 aromatic carbocycles. The molecular formula is C18H25N3. The summed E-state index contributed by atoms with van der Waals surface area (Å²) in [6.07, 6.45) is 8.24. The zero-order chi connectivity index (χ0) is 14.8. The highest BCUT2D eigenvalue weighted by Crippen LogP contribution is 2.32. The highest BCUT2D eigenvalue weighted by Gasteiger charge is 2.25. The van der Waals surface area contributed by atoms with Gasteiger partial charge in [0, 0.05) is 11.7 Å². The van der Waals surface area contributed by atoms with E-state index in [9.17, 15) is 5.26 Å². The number of hydrogen-bond donors (Lipinski definition) is 1. The minimum Gasteiger partial charge on any atom is -0.366 e. The van der Waals surface area contributed by atoms with Crippen molar-refractivity contribution < 1.29 is 0 Å². The van der Waals surface area contributed by atoms with Crippen molar-refractivity contribution >= 4 is 5.82 Å². The first-order chi connectivity index (χ1) is 10.2. The van der Waals surface area contributed by atoms with Crippen LogP contribution in [0.1, 0.15) is 62.8 Å². The van der Waals surface area contributed by atoms with Crippen LogP contribution in [0.5, 0.6) is 0 Å². The molecule has 1 aromatic rings. The number of aromatic nitrogens is 1. The van der Waals surface area contributed by atoms with Gasteiger partial charge < -0.3 is 5.32 Å². The van der Waals surface area contributed by atoms with Crippen molar-refractivity contribution in [1.29, 1.82) is 5.26 Å². The smallest absolute Gasteiger partial charge is 0.144 e. The zero-order valence-corrected chi connectivity index (χ0v) is 13.2. The number of anilines is 1. The lowest BCUT2D eigenvalue weighted by molar-refractivity contribution is 0.260. The molecule has 2 aliphatic rings. The number of pyridine rings is 1. The lowest BCUT2D eigenvalue weighted by Crippen LogP contribution is -2.31. The molecule has 1 N–H and O–H groups in total. The second-order valence-electron chi connectivity index (χ2n) is 6.92. The molecule has 0 radical (unpaired) electrons. The van der Waals surface area contributed by atoms with E-state index in [2.05, 4.69) is 31.3 Å². The van der Waals surface area contributed by atoms with Crippen LogP contribution in [0.25, 0.3) is 0 Å². The molecule has 3 rings (SSSR count). The van der Waals surface area contributed by atoms with Gasteiger partial charge in [-0.05, 0) is 68.4 Å². The molecule has 0 amide bonds. The fourth-order valence-corrected chi connectivity index (χ4v) is 3.70. The van der Waals surface area contributed by atoms with Gasteiger partial charge in [0.2, 0.25) is 0 Å². The number of fused-ring (bicyclic) bond motifs is 1. The summed E-state index contributed by atoms with van der Waals surface area (Å²) < 4.78 is 0. The molecule has 1 heterocycles. The normalized spacial score (nSPS) is 28.5. The molecule has 0 saturated heterocycles. The highest BCUT2D eigenvalue weighted by atomic mass is 15.0. The summed E-state index contributed by atoms with van der Waals surface area (Å²) in [5, 5.41) is 13.0. The molecule has 0 spiro atoms. The van der Waals surface area contributed by atoms with E-state index in [1.54, 1.807) is 0 Å². The Hall–Kier alpha value is -1.56. The van der Waals surface area contributed by atoms with E-state index in [1.807, 2.05) is 0 Å². The summed E-state index contributed by atoms with van der Waals surface area (Å²) in [6, 6.07) is 4.87. The summed E-state index contributed by atoms with van der Waals surface area (Å²) in [5.41, 5.74) is 3.22. The van der Waals surface area contributed by atoms with Gasteiger partial charge in [0.25, 0.3) is 0 Å². The van der Waals surface area contributed by atoms with Gasteiger partial charge in [-0.1, -0.05) is 13.8 Å². The number of nitrogens with zero attached hydrogens (tertiary/aromatic N) is 2. The Bertz CT molecular complexity index is 558. The van der Waals surface area contributed by atoms with Crippen molar-refractivity contribution in [3.05, 3.63) is 22.9 Å². The highest BCUT2D eigenvalue weighted by molar-refractivity contribution is 5.55. The molecule has 3 atom stereocenters. The molecule has 21 heavy (non-hydrogen) atoms. The number of nitrogens with one attached hydrogen (secondary N) is 1. The molecule has 1 fully saturated rings. The van der Waals surface area contributed by atoms with E-state index in [4.69, 9.17) is 4.98 Å². The molecule has 1 aromatic heterocycles. The number of nitriles is 1. The molecule has 0 bridgehead atoms. The first-order valence-electron chi connectivity index (χ1n) is 8.36. The van der Waals surface area contributed by atoms with Gasteiger partial charge in [-0.2, -0.15) is 5.26 Å². The van der Waals surface area contributed by atoms with Crippen LogP contribution in [-0.2, 0) is 12.8 Å². The lowest BCUT2D eigenvalue weighted by atomic mass is 9.79. The van der Waals surface area contributed by atoms with E-state index in [-0.39, 0.29) is 0 Å². The maximum absolute atomic E-state index is 9.41. The second kappa shape index (κ2) is 6.05. The first-order valence-corrected chi connectivity index (χ1v) is 8.36. The SMILES string of the molecule is CC1CCC(Nc2nc3c(cc2C#N)CCCC3)CC1C. The van der Waals surface area contributed by atoms with Gasteiger partial charge in [0.05, 0.1) is 5.56 Å². The van der Waals surface area contributed by atoms with Crippen molar-refractivity contribution in [3.8, 4) is 6.07 Å². The van der Waals surface area contributed by atoms with E-state index in [1.165, 1.54) is 43.4 Å². The molecule has 1 saturated carbocycles. The Balaban J connectivity index is 1.80. The fourth-order valence-electron chi connectivity index (χ4n) is 3.70. The van der Waals surface area contributed by atoms with Crippen LogP contribution in [0.2, 0.25) is 0 Å². The minimum atomic E-state index is 0.470. The van der Waals surface area contributed by atoms with Gasteiger partial charge in [-0.15, -0.1) is 0 Å². The third-order valence-electron chi connectivity index (χ3n) is 5.36. The largest absolute Gasteiger partial charge is 0.366 e. The third kappa shape index (κ3) is 3.05. The maximum atomic E-state index is 9.41. The predicted octanol–water partition coefficient (Wildman–Crippen LogP) is 4.07. The van der Waals surface area contributed by atoms with Crippen LogP contribution in [-0.4, -0.2) is 11.0 Å². The fraction of sp³-hybridized carbons (Fsp3) is 0.667. The van der Waals surface area contributed by atoms with Gasteiger partial charge in [-0.25, -0.2) is 4.98 Å². The molecular weight excluding hydrogens is 258 g/mol. The van der Waals surface area contributed by atoms with Gasteiger partial charge >= 0.3 is 0 Å². The predicted molar refractivity (Wildman–Crippen MR) is 85.2 cm³/mol. The number of aryl methyl sites for hydroxylation is 2. The molecule has 112 valence electrons. The monoisotopic (exact) mass is 283 g/mol. The second-order valence-corrected chi connectivity index (χ2v) is 6.92. The van der Waals surface area contributed by atoms with E-state index < -0.39 is 0 Å². The molecule has 0 aliphatic heterocycles. The quantitative estimate of drug-likeness (QED) is 0.890. The van der Waals surface area contributed by atoms with Crippen LogP contribution in [0.15, 0.2) is 6.07 Å². The Kier molecular flexibility index (Phi) is 4.14. The zero-order valence-electron chi connectivity index (χ0n) is 13.2. The average Bonchev–Trinajstić information content (AvgIpc) is 2.50. The van der Waals surface area contributed by atoms with Crippen molar-refractivity contribution in [3.63, 3.8) is 0 Å². The molecule has 2 aliphatic carbocycles. The summed E-state index contributed by atoms with van der Waals surface area (Å²) in [6.45, 7) is 4.68. The molecule has 3 nitrogen and oxygen atoms in total. The Morgan fingerprint density at radius 3 is 2.76 bits per heavy atom. The number of rotatable bonds is 2. The summed E-state index contributed by atoms with van der Waals surface area (Å²) in [7, 11) is 0. The maximum Gasteiger partial charge on any atom is 0.144 e. The van der Waals surface area contributed by atoms with Crippen molar-refractivity contribution in [1.82, 2.24) is 4.98 Å². The first kappa shape index (κ1) is 14.4. The van der Waals surface area contributed by atoms with Crippen LogP contribution in [0.3, 0.4) is 0 Å². The minimum absolute atomic E-state index is 0.470. The van der Waals surface area contributed by atoms with E-state index in [0.717, 1.165) is 36.1 Å². The van der Waals surface area contributed by atoms with Gasteiger partial charge in [-0.3, -0.25) is 0 Å². The summed E-state index contributed by atoms with van der Waals surface area (Å²) >= 11 is 0. The molecule has 3 unspecified atom stereocenters. The van der Waals surface area contributed by atoms with Crippen LogP contribution in [0, 0.1) is 23.2 Å². The molecule has 3 heteroatoms. The topological polar surface area (TPSA) is 48.7 Å². The van der Waals surface area contributed by atoms with Gasteiger partial charge in [0.15, 0.2) is 0 Å². The lowest BCUT2D eigenvalue weighted by Gasteiger charge is -2.33. The van der Waals surface area contributed by atoms with Crippen LogP contribution >= 0.6 is 0 Å². The third-order valence-corrected chi connectivity index (χ3v) is 5.36. The van der Waals surface area contributed by atoms with E-state index >= 15 is 0 Å². The van der Waals surface area contributed by atoms with Crippen molar-refractivity contribution in [2.24, 2.45) is 11.8 Å². The summed E-state index contributed by atoms with van der Waals surface area (Å²) in [5.74, 6) is 2.39. The Morgan fingerprint density at radius 1 is 1.19 bits per heavy atom. The van der Waals surface area contributed by atoms with Crippen molar-refractivity contribution in [2.45, 2.75) is 64.8 Å². The standard InChI is InChI=1S/C18H25N3/c1-12-7-8-16(9-13(12)2)20-18-15(11-19)10-14-5-3-4-6-17(14)21-18/h10,12-13,16H,3-9H2,1-2H3,(H,20,21). The van der Waals surface area contributed by atoms with E-state index in [0.29, 0.717) is 6.04 Å². The number of hydrogen-bond acceptors (Lipinski definition) is 3. The van der Waals surface area contributed by atoms with Crippen LogP contribution < -0.4 is 5.32 Å². The Morgan fingerprint density at radius 2 is 2.00 bits per heavy atom. The van der Waals surface area contributed by atoms with Gasteiger partial charge in [0.1, 0.15) is 11.9 Å².